The van der Waals surface area contributed by atoms with E-state index in [2.05, 4.69) is 17.0 Å². The van der Waals surface area contributed by atoms with Gasteiger partial charge in [0.1, 0.15) is 5.69 Å². The molecule has 0 radical (unpaired) electrons. The van der Waals surface area contributed by atoms with Gasteiger partial charge < -0.3 is 4.74 Å². The zero-order valence-corrected chi connectivity index (χ0v) is 15.9. The molecule has 2 aliphatic heterocycles. The van der Waals surface area contributed by atoms with Crippen LogP contribution < -0.4 is 0 Å². The van der Waals surface area contributed by atoms with Crippen molar-refractivity contribution in [3.05, 3.63) is 17.5 Å². The summed E-state index contributed by atoms with van der Waals surface area (Å²) in [6.45, 7) is 4.61. The highest BCUT2D eigenvalue weighted by atomic mass is 16.5. The Morgan fingerprint density at radius 2 is 2.00 bits per heavy atom. The number of carbonyl (C=O) groups excluding carboxylic acids is 2. The second-order valence-corrected chi connectivity index (χ2v) is 6.35. The van der Waals surface area contributed by atoms with Crippen LogP contribution in [0.1, 0.15) is 25.2 Å². The maximum atomic E-state index is 12.9. The Labute approximate surface area is 152 Å². The molecule has 0 spiro atoms. The number of aliphatic imine (C=N–C) groups is 1. The lowest BCUT2D eigenvalue weighted by molar-refractivity contribution is -0.507. The molecule has 0 saturated carbocycles. The zero-order valence-electron chi connectivity index (χ0n) is 15.9. The van der Waals surface area contributed by atoms with E-state index in [4.69, 9.17) is 4.74 Å². The summed E-state index contributed by atoms with van der Waals surface area (Å²) in [7, 11) is 4.98. The maximum absolute atomic E-state index is 12.9. The predicted octanol–water partition coefficient (Wildman–Crippen LogP) is 0.175. The number of hydrogen-bond acceptors (Lipinski definition) is 5. The van der Waals surface area contributed by atoms with Crippen LogP contribution in [0.3, 0.4) is 0 Å². The Morgan fingerprint density at radius 3 is 2.62 bits per heavy atom. The minimum absolute atomic E-state index is 0.216. The van der Waals surface area contributed by atoms with Gasteiger partial charge in [-0.2, -0.15) is 0 Å². The van der Waals surface area contributed by atoms with Crippen LogP contribution in [0.4, 0.5) is 4.79 Å². The van der Waals surface area contributed by atoms with Crippen molar-refractivity contribution in [2.75, 3.05) is 34.4 Å². The third-order valence-corrected chi connectivity index (χ3v) is 4.79. The second-order valence-electron chi connectivity index (χ2n) is 6.35. The minimum Gasteiger partial charge on any atom is -0.383 e. The first-order chi connectivity index (χ1) is 12.4. The topological polar surface area (TPSA) is 83.0 Å². The average molecular weight is 361 g/mol. The molecule has 26 heavy (non-hydrogen) atoms. The standard InChI is InChI=1S/C17H25N6O3/c1-6-11-10-12(7-2)23(19-11)16-18-14-13(20(16)3)15(24)22(8-9-26-5)17(25)21(14)4/h10,13H,6-9H2,1-5H3/q+1. The number of fused-ring (bicyclic) bond motifs is 1. The number of imide groups is 1. The van der Waals surface area contributed by atoms with Crippen LogP contribution in [0.2, 0.25) is 0 Å². The molecular weight excluding hydrogens is 336 g/mol. The summed E-state index contributed by atoms with van der Waals surface area (Å²) in [5.74, 6) is 0.701. The smallest absolute Gasteiger partial charge is 0.383 e. The van der Waals surface area contributed by atoms with E-state index in [0.717, 1.165) is 24.2 Å². The molecule has 0 bridgehead atoms. The number of amidine groups is 1. The van der Waals surface area contributed by atoms with E-state index < -0.39 is 6.04 Å². The molecule has 1 atom stereocenters. The summed E-state index contributed by atoms with van der Waals surface area (Å²) >= 11 is 0. The van der Waals surface area contributed by atoms with Crippen molar-refractivity contribution in [1.82, 2.24) is 19.6 Å². The summed E-state index contributed by atoms with van der Waals surface area (Å²) in [6, 6.07) is 1.02. The molecule has 3 heterocycles. The van der Waals surface area contributed by atoms with Crippen molar-refractivity contribution < 1.29 is 18.9 Å². The molecule has 0 aromatic carbocycles. The number of rotatable bonds is 5. The van der Waals surface area contributed by atoms with Crippen molar-refractivity contribution in [2.45, 2.75) is 32.7 Å². The van der Waals surface area contributed by atoms with Gasteiger partial charge in [0.25, 0.3) is 5.91 Å². The van der Waals surface area contributed by atoms with Crippen LogP contribution in [-0.4, -0.2) is 88.3 Å². The van der Waals surface area contributed by atoms with E-state index >= 15 is 0 Å². The van der Waals surface area contributed by atoms with Crippen molar-refractivity contribution >= 4 is 23.7 Å². The van der Waals surface area contributed by atoms with Crippen LogP contribution in [0.25, 0.3) is 0 Å². The molecule has 0 N–H and O–H groups in total. The molecule has 1 fully saturated rings. The number of amides is 3. The van der Waals surface area contributed by atoms with Crippen molar-refractivity contribution in [3.8, 4) is 0 Å². The summed E-state index contributed by atoms with van der Waals surface area (Å²) in [5.41, 5.74) is 1.99. The van der Waals surface area contributed by atoms with E-state index in [1.807, 2.05) is 13.0 Å². The molecular formula is C17H25N6O3+. The molecule has 2 aliphatic rings. The molecule has 3 amide bonds. The highest BCUT2D eigenvalue weighted by molar-refractivity contribution is 6.22. The molecule has 1 aromatic heterocycles. The Balaban J connectivity index is 2.04. The number of ether oxygens (including phenoxy) is 1. The van der Waals surface area contributed by atoms with E-state index in [0.29, 0.717) is 18.4 Å². The van der Waals surface area contributed by atoms with Gasteiger partial charge in [-0.3, -0.25) is 14.6 Å². The minimum atomic E-state index is -0.636. The third kappa shape index (κ3) is 2.72. The summed E-state index contributed by atoms with van der Waals surface area (Å²) in [6.07, 6.45) is 1.61. The van der Waals surface area contributed by atoms with Gasteiger partial charge in [0.15, 0.2) is 0 Å². The van der Waals surface area contributed by atoms with Gasteiger partial charge in [0.05, 0.1) is 25.9 Å². The summed E-state index contributed by atoms with van der Waals surface area (Å²) in [4.78, 5) is 32.7. The van der Waals surface area contributed by atoms with E-state index in [9.17, 15) is 9.59 Å². The monoisotopic (exact) mass is 361 g/mol. The number of aryl methyl sites for hydroxylation is 2. The normalized spacial score (nSPS) is 20.2. The maximum Gasteiger partial charge on any atom is 0.421 e. The fourth-order valence-corrected chi connectivity index (χ4v) is 3.24. The predicted molar refractivity (Wildman–Crippen MR) is 95.5 cm³/mol. The van der Waals surface area contributed by atoms with Crippen LogP contribution in [-0.2, 0) is 22.4 Å². The lowest BCUT2D eigenvalue weighted by atomic mass is 10.1. The number of nitrogens with zero attached hydrogens (tertiary/aromatic N) is 6. The van der Waals surface area contributed by atoms with Gasteiger partial charge >= 0.3 is 12.0 Å². The Morgan fingerprint density at radius 1 is 1.27 bits per heavy atom. The Hall–Kier alpha value is -2.55. The third-order valence-electron chi connectivity index (χ3n) is 4.79. The molecule has 1 unspecified atom stereocenters. The average Bonchev–Trinajstić information content (AvgIpc) is 3.20. The largest absolute Gasteiger partial charge is 0.421 e. The molecule has 9 nitrogen and oxygen atoms in total. The lowest BCUT2D eigenvalue weighted by Crippen LogP contribution is -2.62. The van der Waals surface area contributed by atoms with Gasteiger partial charge in [-0.05, 0) is 12.5 Å². The van der Waals surface area contributed by atoms with Crippen LogP contribution >= 0.6 is 0 Å². The van der Waals surface area contributed by atoms with Crippen LogP contribution in [0, 0.1) is 0 Å². The quantitative estimate of drug-likeness (QED) is 0.700. The van der Waals surface area contributed by atoms with Crippen molar-refractivity contribution in [1.29, 1.82) is 0 Å². The van der Waals surface area contributed by atoms with Gasteiger partial charge in [-0.1, -0.05) is 18.8 Å². The van der Waals surface area contributed by atoms with E-state index in [1.54, 1.807) is 30.5 Å². The Bertz CT molecular complexity index is 809. The van der Waals surface area contributed by atoms with Gasteiger partial charge in [-0.15, -0.1) is 9.78 Å². The zero-order chi connectivity index (χ0) is 19.0. The van der Waals surface area contributed by atoms with Crippen molar-refractivity contribution in [2.24, 2.45) is 4.99 Å². The van der Waals surface area contributed by atoms with Crippen molar-refractivity contribution in [3.63, 3.8) is 0 Å². The molecule has 140 valence electrons. The Kier molecular flexibility index (Phi) is 4.90. The van der Waals surface area contributed by atoms with Gasteiger partial charge in [0, 0.05) is 20.6 Å². The SMILES string of the molecule is CCc1cc(CC)n(C2=[N+](C)C3C(=O)N(CCOC)C(=O)N(C)C3=N2)n1. The number of carbonyl (C=O) groups is 2. The fraction of sp³-hybridized carbons (Fsp3) is 0.588. The molecule has 0 aliphatic carbocycles. The first-order valence-electron chi connectivity index (χ1n) is 8.79. The summed E-state index contributed by atoms with van der Waals surface area (Å²) in [5, 5.41) is 4.61. The summed E-state index contributed by atoms with van der Waals surface area (Å²) < 4.78 is 8.58. The number of hydrogen-bond donors (Lipinski definition) is 0. The van der Waals surface area contributed by atoms with Crippen LogP contribution in [0.15, 0.2) is 11.1 Å². The first kappa shape index (κ1) is 18.2. The van der Waals surface area contributed by atoms with E-state index in [-0.39, 0.29) is 18.5 Å². The highest BCUT2D eigenvalue weighted by Gasteiger charge is 2.52. The number of methoxy groups -OCH3 is 1. The fourth-order valence-electron chi connectivity index (χ4n) is 3.24. The van der Waals surface area contributed by atoms with Crippen LogP contribution in [0.5, 0.6) is 0 Å². The van der Waals surface area contributed by atoms with Gasteiger partial charge in [0.2, 0.25) is 11.9 Å². The molecule has 1 saturated heterocycles. The highest BCUT2D eigenvalue weighted by Crippen LogP contribution is 2.20. The number of likely N-dealkylation sites (N-methyl/N-ethyl adjacent to an activating group) is 2. The van der Waals surface area contributed by atoms with Gasteiger partial charge in [-0.25, -0.2) is 9.37 Å². The molecule has 9 heteroatoms. The molecule has 3 rings (SSSR count). The number of urea groups is 1. The molecule has 1 aromatic rings. The lowest BCUT2D eigenvalue weighted by Gasteiger charge is -2.33. The number of aromatic nitrogens is 2. The second kappa shape index (κ2) is 6.99. The first-order valence-corrected chi connectivity index (χ1v) is 8.79. The van der Waals surface area contributed by atoms with E-state index in [1.165, 1.54) is 9.80 Å².